The first-order chi connectivity index (χ1) is 28.8. The van der Waals surface area contributed by atoms with Crippen molar-refractivity contribution < 1.29 is 0 Å². The van der Waals surface area contributed by atoms with E-state index < -0.39 is 0 Å². The summed E-state index contributed by atoms with van der Waals surface area (Å²) in [5.74, 6) is 0. The molecule has 10 aromatic rings. The van der Waals surface area contributed by atoms with Gasteiger partial charge in [-0.1, -0.05) is 133 Å². The second-order valence-corrected chi connectivity index (χ2v) is 15.6. The molecule has 0 radical (unpaired) electrons. The number of hydrogen-bond acceptors (Lipinski definition) is 1. The van der Waals surface area contributed by atoms with Gasteiger partial charge in [0.05, 0.1) is 23.1 Å². The van der Waals surface area contributed by atoms with E-state index >= 15 is 0 Å². The van der Waals surface area contributed by atoms with Crippen LogP contribution in [0, 0.1) is 0 Å². The van der Waals surface area contributed by atoms with Crippen LogP contribution in [0.2, 0.25) is 0 Å². The number of rotatable bonds is 6. The lowest BCUT2D eigenvalue weighted by Crippen LogP contribution is -2.24. The van der Waals surface area contributed by atoms with Crippen molar-refractivity contribution in [3.05, 3.63) is 218 Å². The number of allylic oxidation sites excluding steroid dienone is 6. The van der Waals surface area contributed by atoms with Crippen LogP contribution in [0.3, 0.4) is 0 Å². The Morgan fingerprint density at radius 2 is 0.690 bits per heavy atom. The summed E-state index contributed by atoms with van der Waals surface area (Å²) in [7, 11) is 0. The maximum absolute atomic E-state index is 2.52. The number of hydrogen-bond donors (Lipinski definition) is 0. The van der Waals surface area contributed by atoms with Gasteiger partial charge in [-0.25, -0.2) is 0 Å². The normalized spacial score (nSPS) is 16.9. The molecule has 4 nitrogen and oxygen atoms in total. The lowest BCUT2D eigenvalue weighted by molar-refractivity contribution is 0.638. The van der Waals surface area contributed by atoms with E-state index in [1.54, 1.807) is 0 Å². The molecule has 58 heavy (non-hydrogen) atoms. The standard InChI is InChI=1S/C54H40N4/c1-7-19-49-43(13-1)44-14-2-8-20-50(44)56(49)40-31-25-37(26-32-40)55(38-27-33-41(34-28-38)57-51-21-9-3-15-45(51)46-16-4-10-22-52(46)57)39-29-35-42(36-30-39)58-53-23-11-5-17-47(53)48-18-6-12-24-54(48)58/h1-33,35,41-42H,34,36H2. The second-order valence-electron chi connectivity index (χ2n) is 15.6. The zero-order valence-electron chi connectivity index (χ0n) is 32.0. The third-order valence-corrected chi connectivity index (χ3v) is 12.5. The summed E-state index contributed by atoms with van der Waals surface area (Å²) in [6, 6.07) is 62.3. The van der Waals surface area contributed by atoms with E-state index in [2.05, 4.69) is 225 Å². The number of para-hydroxylation sites is 6. The Hall–Kier alpha value is -7.30. The number of nitrogens with zero attached hydrogens (tertiary/aromatic N) is 4. The maximum Gasteiger partial charge on any atom is 0.0561 e. The van der Waals surface area contributed by atoms with E-state index in [9.17, 15) is 0 Å². The van der Waals surface area contributed by atoms with Gasteiger partial charge in [0.25, 0.3) is 0 Å². The van der Waals surface area contributed by atoms with Crippen molar-refractivity contribution in [3.8, 4) is 5.69 Å². The fourth-order valence-electron chi connectivity index (χ4n) is 9.93. The zero-order valence-corrected chi connectivity index (χ0v) is 32.0. The number of fused-ring (bicyclic) bond motifs is 9. The van der Waals surface area contributed by atoms with Crippen molar-refractivity contribution in [1.82, 2.24) is 13.7 Å². The average molecular weight is 745 g/mol. The molecule has 0 spiro atoms. The van der Waals surface area contributed by atoms with Crippen molar-refractivity contribution in [2.45, 2.75) is 24.9 Å². The molecule has 0 aliphatic heterocycles. The van der Waals surface area contributed by atoms with Crippen LogP contribution in [-0.2, 0) is 0 Å². The molecule has 0 fully saturated rings. The molecule has 0 amide bonds. The van der Waals surface area contributed by atoms with Gasteiger partial charge in [0, 0.05) is 77.2 Å². The Morgan fingerprint density at radius 3 is 1.03 bits per heavy atom. The minimum atomic E-state index is 0.212. The summed E-state index contributed by atoms with van der Waals surface area (Å²) in [6.45, 7) is 0. The first-order valence-corrected chi connectivity index (χ1v) is 20.4. The lowest BCUT2D eigenvalue weighted by atomic mass is 10.0. The minimum Gasteiger partial charge on any atom is -0.333 e. The maximum atomic E-state index is 2.52. The first-order valence-electron chi connectivity index (χ1n) is 20.4. The van der Waals surface area contributed by atoms with Gasteiger partial charge in [-0.3, -0.25) is 0 Å². The first kappa shape index (κ1) is 32.9. The van der Waals surface area contributed by atoms with Crippen LogP contribution in [0.4, 0.5) is 5.69 Å². The number of anilines is 1. The second kappa shape index (κ2) is 13.1. The van der Waals surface area contributed by atoms with Gasteiger partial charge in [0.15, 0.2) is 0 Å². The van der Waals surface area contributed by atoms with Crippen LogP contribution in [0.15, 0.2) is 218 Å². The molecule has 7 aromatic carbocycles. The van der Waals surface area contributed by atoms with Crippen LogP contribution >= 0.6 is 0 Å². The van der Waals surface area contributed by atoms with Crippen LogP contribution in [0.5, 0.6) is 0 Å². The van der Waals surface area contributed by atoms with Crippen molar-refractivity contribution >= 4 is 71.1 Å². The van der Waals surface area contributed by atoms with Gasteiger partial charge in [-0.2, -0.15) is 0 Å². The van der Waals surface area contributed by atoms with Gasteiger partial charge in [0.1, 0.15) is 0 Å². The smallest absolute Gasteiger partial charge is 0.0561 e. The van der Waals surface area contributed by atoms with E-state index in [4.69, 9.17) is 0 Å². The molecule has 0 saturated heterocycles. The molecule has 2 unspecified atom stereocenters. The highest BCUT2D eigenvalue weighted by Crippen LogP contribution is 2.40. The van der Waals surface area contributed by atoms with Crippen LogP contribution in [0.25, 0.3) is 71.1 Å². The summed E-state index contributed by atoms with van der Waals surface area (Å²) in [6.07, 6.45) is 16.1. The van der Waals surface area contributed by atoms with E-state index in [1.807, 2.05) is 0 Å². The van der Waals surface area contributed by atoms with Crippen molar-refractivity contribution in [2.24, 2.45) is 0 Å². The Morgan fingerprint density at radius 1 is 0.362 bits per heavy atom. The van der Waals surface area contributed by atoms with Gasteiger partial charge < -0.3 is 18.6 Å². The van der Waals surface area contributed by atoms with Crippen LogP contribution in [0.1, 0.15) is 24.9 Å². The van der Waals surface area contributed by atoms with Gasteiger partial charge >= 0.3 is 0 Å². The zero-order chi connectivity index (χ0) is 38.2. The average Bonchev–Trinajstić information content (AvgIpc) is 3.93. The fraction of sp³-hybridized carbons (Fsp3) is 0.0741. The summed E-state index contributed by atoms with van der Waals surface area (Å²) < 4.78 is 7.44. The Labute approximate surface area is 336 Å². The third kappa shape index (κ3) is 5.01. The molecule has 0 N–H and O–H groups in total. The molecule has 0 saturated carbocycles. The quantitative estimate of drug-likeness (QED) is 0.166. The van der Waals surface area contributed by atoms with Gasteiger partial charge in [-0.15, -0.1) is 0 Å². The summed E-state index contributed by atoms with van der Waals surface area (Å²) in [5.41, 5.74) is 12.2. The number of benzene rings is 7. The monoisotopic (exact) mass is 744 g/mol. The summed E-state index contributed by atoms with van der Waals surface area (Å²) >= 11 is 0. The highest BCUT2D eigenvalue weighted by molar-refractivity contribution is 6.10. The van der Waals surface area contributed by atoms with E-state index in [0.717, 1.165) is 24.2 Å². The molecule has 12 rings (SSSR count). The largest absolute Gasteiger partial charge is 0.333 e. The van der Waals surface area contributed by atoms with Crippen molar-refractivity contribution in [1.29, 1.82) is 0 Å². The molecular formula is C54H40N4. The Balaban J connectivity index is 0.941. The van der Waals surface area contributed by atoms with E-state index in [-0.39, 0.29) is 12.1 Å². The fourth-order valence-corrected chi connectivity index (χ4v) is 9.93. The highest BCUT2D eigenvalue weighted by Gasteiger charge is 2.24. The van der Waals surface area contributed by atoms with Crippen LogP contribution < -0.4 is 4.90 Å². The minimum absolute atomic E-state index is 0.212. The summed E-state index contributed by atoms with van der Waals surface area (Å²) in [4.78, 5) is 2.45. The molecular weight excluding hydrogens is 705 g/mol. The molecule has 2 aliphatic rings. The van der Waals surface area contributed by atoms with E-state index in [1.165, 1.54) is 76.8 Å². The molecule has 3 aromatic heterocycles. The topological polar surface area (TPSA) is 18.0 Å². The third-order valence-electron chi connectivity index (χ3n) is 12.5. The lowest BCUT2D eigenvalue weighted by Gasteiger charge is -2.32. The molecule has 4 heteroatoms. The van der Waals surface area contributed by atoms with Crippen molar-refractivity contribution in [2.75, 3.05) is 4.90 Å². The SMILES string of the molecule is C1=CC(n2c3ccccc3c3ccccc32)CC=C1N(C1=CCC(n2c3ccccc3c3ccccc32)C=C1)c1ccc(-n2c3ccccc3c3ccccc32)cc1. The highest BCUT2D eigenvalue weighted by atomic mass is 15.2. The van der Waals surface area contributed by atoms with Crippen molar-refractivity contribution in [3.63, 3.8) is 0 Å². The van der Waals surface area contributed by atoms with Crippen LogP contribution in [-0.4, -0.2) is 13.7 Å². The predicted octanol–water partition coefficient (Wildman–Crippen LogP) is 14.0. The summed E-state index contributed by atoms with van der Waals surface area (Å²) in [5, 5.41) is 7.77. The van der Waals surface area contributed by atoms with Gasteiger partial charge in [-0.05, 0) is 85.7 Å². The Bertz CT molecular complexity index is 3050. The molecule has 2 atom stereocenters. The molecule has 276 valence electrons. The molecule has 2 aliphatic carbocycles. The van der Waals surface area contributed by atoms with Gasteiger partial charge in [0.2, 0.25) is 0 Å². The predicted molar refractivity (Wildman–Crippen MR) is 244 cm³/mol. The van der Waals surface area contributed by atoms with E-state index in [0.29, 0.717) is 0 Å². The number of aromatic nitrogens is 3. The molecule has 3 heterocycles. The molecule has 0 bridgehead atoms. The Kier molecular flexibility index (Phi) is 7.45.